The highest BCUT2D eigenvalue weighted by Gasteiger charge is 2.35. The first-order chi connectivity index (χ1) is 18.4. The van der Waals surface area contributed by atoms with E-state index in [2.05, 4.69) is 30.7 Å². The van der Waals surface area contributed by atoms with Crippen molar-refractivity contribution >= 4 is 17.4 Å². The number of nitrogens with one attached hydrogen (secondary N) is 2. The fraction of sp³-hybridized carbons (Fsp3) is 0.0741. The van der Waals surface area contributed by atoms with Gasteiger partial charge in [-0.05, 0) is 72.3 Å². The predicted molar refractivity (Wildman–Crippen MR) is 136 cm³/mol. The van der Waals surface area contributed by atoms with Crippen LogP contribution in [0.4, 0.5) is 24.7 Å². The van der Waals surface area contributed by atoms with Gasteiger partial charge < -0.3 is 10.6 Å². The van der Waals surface area contributed by atoms with Crippen molar-refractivity contribution in [3.8, 4) is 16.9 Å². The van der Waals surface area contributed by atoms with Crippen LogP contribution in [0.15, 0.2) is 97.7 Å². The minimum Gasteiger partial charge on any atom is -0.365 e. The van der Waals surface area contributed by atoms with Gasteiger partial charge in [-0.2, -0.15) is 18.3 Å². The molecule has 0 aliphatic heterocycles. The Hall–Kier alpha value is -5.06. The first kappa shape index (κ1) is 24.6. The number of alkyl halides is 3. The van der Waals surface area contributed by atoms with E-state index in [4.69, 9.17) is 0 Å². The van der Waals surface area contributed by atoms with Crippen molar-refractivity contribution in [1.82, 2.24) is 24.7 Å². The molecular weight excluding hydrogens is 495 g/mol. The van der Waals surface area contributed by atoms with Gasteiger partial charge >= 0.3 is 6.18 Å². The molecule has 0 bridgehead atoms. The van der Waals surface area contributed by atoms with E-state index in [0.29, 0.717) is 34.9 Å². The molecular formula is C27H20F3N7O. The third-order valence-electron chi connectivity index (χ3n) is 5.59. The maximum Gasteiger partial charge on any atom is 0.435 e. The van der Waals surface area contributed by atoms with Crippen molar-refractivity contribution in [3.63, 3.8) is 0 Å². The molecule has 0 fully saturated rings. The van der Waals surface area contributed by atoms with E-state index in [9.17, 15) is 18.0 Å². The zero-order valence-corrected chi connectivity index (χ0v) is 19.7. The molecule has 4 aromatic heterocycles. The van der Waals surface area contributed by atoms with E-state index in [1.165, 1.54) is 17.1 Å². The summed E-state index contributed by atoms with van der Waals surface area (Å²) in [7, 11) is 0. The SMILES string of the molecule is O=C(Nc1ccc(-n2nc(C(F)(F)F)cc2-c2cccnc2)cc1)c1cccnc1NCc1ccncc1. The Morgan fingerprint density at radius 3 is 2.37 bits per heavy atom. The molecule has 0 unspecified atom stereocenters. The average Bonchev–Trinajstić information content (AvgIpc) is 3.40. The van der Waals surface area contributed by atoms with Crippen molar-refractivity contribution in [2.24, 2.45) is 0 Å². The topological polar surface area (TPSA) is 97.6 Å². The minimum atomic E-state index is -4.61. The minimum absolute atomic E-state index is 0.238. The number of carbonyl (C=O) groups excluding carboxylic acids is 1. The third kappa shape index (κ3) is 5.51. The molecule has 4 heterocycles. The standard InChI is InChI=1S/C27H20F3N7O/c28-27(29,30)24-15-23(19-3-1-11-32-17-19)37(36-24)21-7-5-20(6-8-21)35-26(38)22-4-2-12-33-25(22)34-16-18-9-13-31-14-10-18/h1-15,17H,16H2,(H,33,34)(H,35,38). The number of carbonyl (C=O) groups is 1. The van der Waals surface area contributed by atoms with Gasteiger partial charge in [-0.1, -0.05) is 0 Å². The lowest BCUT2D eigenvalue weighted by Crippen LogP contribution is -2.15. The first-order valence-electron chi connectivity index (χ1n) is 11.5. The van der Waals surface area contributed by atoms with E-state index in [-0.39, 0.29) is 5.69 Å². The number of anilines is 2. The lowest BCUT2D eigenvalue weighted by Gasteiger charge is -2.12. The molecule has 38 heavy (non-hydrogen) atoms. The van der Waals surface area contributed by atoms with Crippen LogP contribution >= 0.6 is 0 Å². The average molecular weight is 515 g/mol. The number of hydrogen-bond acceptors (Lipinski definition) is 6. The lowest BCUT2D eigenvalue weighted by atomic mass is 10.2. The summed E-state index contributed by atoms with van der Waals surface area (Å²) in [6.07, 6.45) is 3.34. The van der Waals surface area contributed by atoms with Gasteiger partial charge in [0.25, 0.3) is 5.91 Å². The van der Waals surface area contributed by atoms with Crippen LogP contribution in [0.5, 0.6) is 0 Å². The normalized spacial score (nSPS) is 11.2. The van der Waals surface area contributed by atoms with E-state index < -0.39 is 17.8 Å². The van der Waals surface area contributed by atoms with Crippen molar-refractivity contribution in [1.29, 1.82) is 0 Å². The van der Waals surface area contributed by atoms with Gasteiger partial charge in [0, 0.05) is 48.8 Å². The predicted octanol–water partition coefficient (Wildman–Crippen LogP) is 5.61. The van der Waals surface area contributed by atoms with Crippen LogP contribution in [0, 0.1) is 0 Å². The fourth-order valence-corrected chi connectivity index (χ4v) is 3.74. The van der Waals surface area contributed by atoms with Crippen LogP contribution in [-0.2, 0) is 12.7 Å². The maximum atomic E-state index is 13.4. The molecule has 190 valence electrons. The molecule has 11 heteroatoms. The Morgan fingerprint density at radius 1 is 0.895 bits per heavy atom. The highest BCUT2D eigenvalue weighted by Crippen LogP contribution is 2.33. The largest absolute Gasteiger partial charge is 0.435 e. The van der Waals surface area contributed by atoms with Crippen LogP contribution in [0.1, 0.15) is 21.6 Å². The quantitative estimate of drug-likeness (QED) is 0.293. The number of pyridine rings is 3. The van der Waals surface area contributed by atoms with Crippen molar-refractivity contribution in [3.05, 3.63) is 115 Å². The molecule has 0 aliphatic carbocycles. The Kier molecular flexibility index (Phi) is 6.81. The number of halogens is 3. The van der Waals surface area contributed by atoms with Crippen molar-refractivity contribution in [2.75, 3.05) is 10.6 Å². The van der Waals surface area contributed by atoms with Crippen LogP contribution in [-0.4, -0.2) is 30.6 Å². The fourth-order valence-electron chi connectivity index (χ4n) is 3.74. The van der Waals surface area contributed by atoms with Gasteiger partial charge in [0.05, 0.1) is 16.9 Å². The molecule has 1 aromatic carbocycles. The highest BCUT2D eigenvalue weighted by molar-refractivity contribution is 6.07. The molecule has 8 nitrogen and oxygen atoms in total. The third-order valence-corrected chi connectivity index (χ3v) is 5.59. The zero-order chi connectivity index (χ0) is 26.5. The van der Waals surface area contributed by atoms with Crippen molar-refractivity contribution in [2.45, 2.75) is 12.7 Å². The number of aromatic nitrogens is 5. The molecule has 0 radical (unpaired) electrons. The number of rotatable bonds is 7. The molecule has 2 N–H and O–H groups in total. The molecule has 5 aromatic rings. The highest BCUT2D eigenvalue weighted by atomic mass is 19.4. The Morgan fingerprint density at radius 2 is 1.66 bits per heavy atom. The second-order valence-corrected chi connectivity index (χ2v) is 8.18. The van der Waals surface area contributed by atoms with E-state index >= 15 is 0 Å². The second-order valence-electron chi connectivity index (χ2n) is 8.18. The summed E-state index contributed by atoms with van der Waals surface area (Å²) in [6, 6.07) is 17.6. The maximum absolute atomic E-state index is 13.4. The van der Waals surface area contributed by atoms with Gasteiger partial charge in [0.2, 0.25) is 0 Å². The Bertz CT molecular complexity index is 1540. The van der Waals surface area contributed by atoms with Crippen molar-refractivity contribution < 1.29 is 18.0 Å². The van der Waals surface area contributed by atoms with Crippen LogP contribution < -0.4 is 10.6 Å². The van der Waals surface area contributed by atoms with Crippen LogP contribution in [0.3, 0.4) is 0 Å². The molecule has 0 atom stereocenters. The lowest BCUT2D eigenvalue weighted by molar-refractivity contribution is -0.141. The van der Waals surface area contributed by atoms with E-state index in [0.717, 1.165) is 11.6 Å². The summed E-state index contributed by atoms with van der Waals surface area (Å²) in [5.41, 5.74) is 1.86. The molecule has 0 spiro atoms. The Balaban J connectivity index is 1.36. The summed E-state index contributed by atoms with van der Waals surface area (Å²) in [4.78, 5) is 25.3. The second kappa shape index (κ2) is 10.5. The number of nitrogens with zero attached hydrogens (tertiary/aromatic N) is 5. The summed E-state index contributed by atoms with van der Waals surface area (Å²) >= 11 is 0. The molecule has 0 saturated heterocycles. The van der Waals surface area contributed by atoms with Gasteiger partial charge in [0.1, 0.15) is 5.82 Å². The van der Waals surface area contributed by atoms with Gasteiger partial charge in [-0.15, -0.1) is 0 Å². The molecule has 5 rings (SSSR count). The summed E-state index contributed by atoms with van der Waals surface area (Å²) in [6.45, 7) is 0.456. The zero-order valence-electron chi connectivity index (χ0n) is 19.7. The number of hydrogen-bond donors (Lipinski definition) is 2. The smallest absolute Gasteiger partial charge is 0.365 e. The summed E-state index contributed by atoms with van der Waals surface area (Å²) < 4.78 is 41.4. The van der Waals surface area contributed by atoms with E-state index in [1.54, 1.807) is 67.1 Å². The summed E-state index contributed by atoms with van der Waals surface area (Å²) in [5.74, 6) is 0.0216. The monoisotopic (exact) mass is 515 g/mol. The van der Waals surface area contributed by atoms with Crippen LogP contribution in [0.25, 0.3) is 16.9 Å². The first-order valence-corrected chi connectivity index (χ1v) is 11.5. The van der Waals surface area contributed by atoms with E-state index in [1.807, 2.05) is 12.1 Å². The summed E-state index contributed by atoms with van der Waals surface area (Å²) in [5, 5.41) is 9.74. The van der Waals surface area contributed by atoms with Gasteiger partial charge in [0.15, 0.2) is 5.69 Å². The van der Waals surface area contributed by atoms with Gasteiger partial charge in [-0.3, -0.25) is 14.8 Å². The molecule has 0 saturated carbocycles. The molecule has 0 aliphatic rings. The van der Waals surface area contributed by atoms with Gasteiger partial charge in [-0.25, -0.2) is 9.67 Å². The Labute approximate surface area is 215 Å². The molecule has 1 amide bonds. The van der Waals surface area contributed by atoms with Crippen LogP contribution in [0.2, 0.25) is 0 Å². The number of amides is 1. The number of benzene rings is 1.